The maximum Gasteiger partial charge on any atom is 0.230 e. The topological polar surface area (TPSA) is 75.9 Å². The van der Waals surface area contributed by atoms with Crippen molar-refractivity contribution in [2.45, 2.75) is 24.5 Å². The van der Waals surface area contributed by atoms with Gasteiger partial charge in [-0.05, 0) is 60.9 Å². The Morgan fingerprint density at radius 1 is 0.971 bits per heavy atom. The highest BCUT2D eigenvalue weighted by molar-refractivity contribution is 7.99. The summed E-state index contributed by atoms with van der Waals surface area (Å²) in [6.07, 6.45) is 4.24. The maximum absolute atomic E-state index is 13.4. The van der Waals surface area contributed by atoms with Crippen LogP contribution in [0.2, 0.25) is 0 Å². The van der Waals surface area contributed by atoms with Crippen molar-refractivity contribution in [1.29, 1.82) is 0 Å². The molecule has 7 nitrogen and oxygen atoms in total. The lowest BCUT2D eigenvalue weighted by Gasteiger charge is -2.16. The van der Waals surface area contributed by atoms with Gasteiger partial charge in [-0.3, -0.25) is 9.36 Å². The van der Waals surface area contributed by atoms with Crippen LogP contribution in [0.1, 0.15) is 18.4 Å². The average Bonchev–Trinajstić information content (AvgIpc) is 3.58. The number of rotatable bonds is 8. The number of carbonyl (C=O) groups is 1. The molecule has 0 unspecified atom stereocenters. The lowest BCUT2D eigenvalue weighted by molar-refractivity contribution is -0.118. The van der Waals surface area contributed by atoms with Crippen LogP contribution in [0.5, 0.6) is 0 Å². The van der Waals surface area contributed by atoms with Crippen molar-refractivity contribution in [3.63, 3.8) is 0 Å². The fourth-order valence-electron chi connectivity index (χ4n) is 4.00. The van der Waals surface area contributed by atoms with Crippen LogP contribution in [-0.2, 0) is 11.3 Å². The van der Waals surface area contributed by atoms with Crippen molar-refractivity contribution < 1.29 is 9.18 Å². The predicted octanol–water partition coefficient (Wildman–Crippen LogP) is 4.48. The average molecular weight is 489 g/mol. The molecule has 1 aliphatic heterocycles. The molecule has 35 heavy (non-hydrogen) atoms. The van der Waals surface area contributed by atoms with Crippen molar-refractivity contribution in [2.75, 3.05) is 23.7 Å². The third-order valence-electron chi connectivity index (χ3n) is 5.81. The number of carbonyl (C=O) groups excluding carboxylic acids is 1. The number of hydrogen-bond donors (Lipinski definition) is 1. The van der Waals surface area contributed by atoms with Crippen LogP contribution in [0.15, 0.2) is 78.1 Å². The summed E-state index contributed by atoms with van der Waals surface area (Å²) < 4.78 is 15.3. The summed E-state index contributed by atoms with van der Waals surface area (Å²) in [6.45, 7) is 2.52. The molecule has 1 fully saturated rings. The molecule has 4 aromatic rings. The highest BCUT2D eigenvalue weighted by Gasteiger charge is 2.17. The molecule has 1 amide bonds. The van der Waals surface area contributed by atoms with Gasteiger partial charge >= 0.3 is 0 Å². The van der Waals surface area contributed by atoms with Crippen LogP contribution in [0.4, 0.5) is 10.2 Å². The molecule has 3 heterocycles. The Hall–Kier alpha value is -3.72. The minimum absolute atomic E-state index is 0.107. The monoisotopic (exact) mass is 488 g/mol. The number of para-hydroxylation sites is 1. The summed E-state index contributed by atoms with van der Waals surface area (Å²) in [5.74, 6) is 1.35. The first-order valence-corrected chi connectivity index (χ1v) is 12.5. The second-order valence-corrected chi connectivity index (χ2v) is 9.21. The Balaban J connectivity index is 1.24. The van der Waals surface area contributed by atoms with E-state index in [1.165, 1.54) is 36.7 Å². The highest BCUT2D eigenvalue weighted by atomic mass is 32.2. The summed E-state index contributed by atoms with van der Waals surface area (Å²) in [6, 6.07) is 19.8. The molecule has 1 N–H and O–H groups in total. The van der Waals surface area contributed by atoms with Gasteiger partial charge in [0.25, 0.3) is 0 Å². The molecule has 0 atom stereocenters. The quantitative estimate of drug-likeness (QED) is 0.369. The van der Waals surface area contributed by atoms with Gasteiger partial charge in [0.2, 0.25) is 5.91 Å². The smallest absolute Gasteiger partial charge is 0.230 e. The second kappa shape index (κ2) is 10.7. The third kappa shape index (κ3) is 5.51. The van der Waals surface area contributed by atoms with Gasteiger partial charge < -0.3 is 10.2 Å². The third-order valence-corrected chi connectivity index (χ3v) is 6.74. The zero-order chi connectivity index (χ0) is 24.0. The Bertz CT molecular complexity index is 1270. The van der Waals surface area contributed by atoms with Crippen molar-refractivity contribution >= 4 is 23.5 Å². The molecule has 2 aromatic heterocycles. The van der Waals surface area contributed by atoms with E-state index in [2.05, 4.69) is 25.4 Å². The van der Waals surface area contributed by atoms with E-state index < -0.39 is 0 Å². The van der Waals surface area contributed by atoms with Crippen LogP contribution in [0.25, 0.3) is 17.1 Å². The lowest BCUT2D eigenvalue weighted by Crippen LogP contribution is -2.25. The Morgan fingerprint density at radius 2 is 1.74 bits per heavy atom. The van der Waals surface area contributed by atoms with Gasteiger partial charge in [-0.15, -0.1) is 10.2 Å². The summed E-state index contributed by atoms with van der Waals surface area (Å²) in [5, 5.41) is 12.2. The second-order valence-electron chi connectivity index (χ2n) is 8.27. The normalized spacial score (nSPS) is 13.2. The number of thioether (sulfide) groups is 1. The zero-order valence-electron chi connectivity index (χ0n) is 19.1. The number of aromatic nitrogens is 4. The van der Waals surface area contributed by atoms with Crippen LogP contribution in [0.3, 0.4) is 0 Å². The minimum atomic E-state index is -0.313. The van der Waals surface area contributed by atoms with E-state index in [1.54, 1.807) is 12.1 Å². The molecule has 0 bridgehead atoms. The van der Waals surface area contributed by atoms with Crippen molar-refractivity contribution in [3.8, 4) is 17.1 Å². The molecular weight excluding hydrogens is 463 g/mol. The molecule has 0 aliphatic carbocycles. The number of hydrogen-bond acceptors (Lipinski definition) is 6. The van der Waals surface area contributed by atoms with Crippen molar-refractivity contribution in [3.05, 3.63) is 84.3 Å². The number of nitrogens with one attached hydrogen (secondary N) is 1. The van der Waals surface area contributed by atoms with Gasteiger partial charge in [0.05, 0.1) is 5.75 Å². The molecule has 0 radical (unpaired) electrons. The first-order chi connectivity index (χ1) is 17.2. The van der Waals surface area contributed by atoms with E-state index in [4.69, 9.17) is 0 Å². The van der Waals surface area contributed by atoms with Gasteiger partial charge in [0, 0.05) is 37.1 Å². The number of nitrogens with zero attached hydrogens (tertiary/aromatic N) is 5. The molecule has 9 heteroatoms. The fourth-order valence-corrected chi connectivity index (χ4v) is 4.78. The number of benzene rings is 2. The van der Waals surface area contributed by atoms with Gasteiger partial charge in [0.15, 0.2) is 11.0 Å². The maximum atomic E-state index is 13.4. The highest BCUT2D eigenvalue weighted by Crippen LogP contribution is 2.28. The van der Waals surface area contributed by atoms with E-state index >= 15 is 0 Å². The van der Waals surface area contributed by atoms with E-state index in [0.717, 1.165) is 35.7 Å². The van der Waals surface area contributed by atoms with Crippen molar-refractivity contribution in [2.24, 2.45) is 0 Å². The number of halogens is 1. The van der Waals surface area contributed by atoms with E-state index in [9.17, 15) is 9.18 Å². The van der Waals surface area contributed by atoms with E-state index in [1.807, 2.05) is 53.2 Å². The first-order valence-electron chi connectivity index (χ1n) is 11.5. The van der Waals surface area contributed by atoms with Gasteiger partial charge in [-0.2, -0.15) is 0 Å². The first kappa shape index (κ1) is 23.0. The number of pyridine rings is 1. The molecule has 0 spiro atoms. The lowest BCUT2D eigenvalue weighted by atomic mass is 10.2. The van der Waals surface area contributed by atoms with Gasteiger partial charge in [-0.1, -0.05) is 36.0 Å². The van der Waals surface area contributed by atoms with Crippen molar-refractivity contribution in [1.82, 2.24) is 25.1 Å². The SMILES string of the molecule is O=C(CSc1nnc(-c2ccc(F)cc2)n1-c1ccccc1)NCc1ccc(N2CCCC2)nc1. The predicted molar refractivity (Wildman–Crippen MR) is 135 cm³/mol. The minimum Gasteiger partial charge on any atom is -0.357 e. The largest absolute Gasteiger partial charge is 0.357 e. The Kier molecular flexibility index (Phi) is 7.04. The van der Waals surface area contributed by atoms with E-state index in [-0.39, 0.29) is 17.5 Å². The summed E-state index contributed by atoms with van der Waals surface area (Å²) >= 11 is 1.30. The van der Waals surface area contributed by atoms with Crippen LogP contribution in [-0.4, -0.2) is 44.5 Å². The van der Waals surface area contributed by atoms with Crippen LogP contribution < -0.4 is 10.2 Å². The molecule has 1 saturated heterocycles. The molecule has 1 aliphatic rings. The van der Waals surface area contributed by atoms with Gasteiger partial charge in [-0.25, -0.2) is 9.37 Å². The fraction of sp³-hybridized carbons (Fsp3) is 0.231. The molecule has 178 valence electrons. The zero-order valence-corrected chi connectivity index (χ0v) is 19.9. The summed E-state index contributed by atoms with van der Waals surface area (Å²) in [5.41, 5.74) is 2.56. The molecule has 0 saturated carbocycles. The van der Waals surface area contributed by atoms with Gasteiger partial charge in [0.1, 0.15) is 11.6 Å². The summed E-state index contributed by atoms with van der Waals surface area (Å²) in [7, 11) is 0. The molecular formula is C26H25FN6OS. The summed E-state index contributed by atoms with van der Waals surface area (Å²) in [4.78, 5) is 19.4. The van der Waals surface area contributed by atoms with Crippen LogP contribution in [0, 0.1) is 5.82 Å². The van der Waals surface area contributed by atoms with Crippen LogP contribution >= 0.6 is 11.8 Å². The number of anilines is 1. The standard InChI is InChI=1S/C26H25FN6OS/c27-21-11-9-20(10-12-21)25-30-31-26(33(25)22-6-2-1-3-7-22)35-18-24(34)29-17-19-8-13-23(28-16-19)32-14-4-5-15-32/h1-3,6-13,16H,4-5,14-15,17-18H2,(H,29,34). The Labute approximate surface area is 207 Å². The molecule has 5 rings (SSSR count). The number of amides is 1. The Morgan fingerprint density at radius 3 is 2.46 bits per heavy atom. The molecule has 2 aromatic carbocycles. The van der Waals surface area contributed by atoms with E-state index in [0.29, 0.717) is 17.5 Å².